The molecule has 112 valence electrons. The Labute approximate surface area is 130 Å². The van der Waals surface area contributed by atoms with Crippen molar-refractivity contribution < 1.29 is 4.74 Å². The standard InChI is InChI=1S/C16H25BrN2O/c1-11-7-8-19(10-16(11)20-4)13-5-6-14(12(2)18-3)15(17)9-13/h5-6,9,11-12,16,18H,7-8,10H2,1-4H3. The zero-order chi connectivity index (χ0) is 14.7. The lowest BCUT2D eigenvalue weighted by Crippen LogP contribution is -2.43. The third-order valence-electron chi connectivity index (χ3n) is 4.44. The maximum absolute atomic E-state index is 5.60. The molecule has 3 nitrogen and oxygen atoms in total. The summed E-state index contributed by atoms with van der Waals surface area (Å²) in [7, 11) is 3.80. The normalized spacial score (nSPS) is 24.8. The number of hydrogen-bond donors (Lipinski definition) is 1. The molecule has 1 N–H and O–H groups in total. The van der Waals surface area contributed by atoms with Crippen molar-refractivity contribution in [3.8, 4) is 0 Å². The first kappa shape index (κ1) is 15.8. The van der Waals surface area contributed by atoms with E-state index < -0.39 is 0 Å². The van der Waals surface area contributed by atoms with Crippen molar-refractivity contribution >= 4 is 21.6 Å². The molecule has 1 aromatic rings. The molecule has 0 bridgehead atoms. The number of methoxy groups -OCH3 is 1. The molecule has 4 heteroatoms. The summed E-state index contributed by atoms with van der Waals surface area (Å²) >= 11 is 3.70. The monoisotopic (exact) mass is 340 g/mol. The Balaban J connectivity index is 2.15. The van der Waals surface area contributed by atoms with E-state index in [1.807, 2.05) is 14.2 Å². The summed E-state index contributed by atoms with van der Waals surface area (Å²) in [6.07, 6.45) is 1.52. The third-order valence-corrected chi connectivity index (χ3v) is 5.13. The fourth-order valence-electron chi connectivity index (χ4n) is 2.79. The average molecular weight is 341 g/mol. The highest BCUT2D eigenvalue weighted by molar-refractivity contribution is 9.10. The van der Waals surface area contributed by atoms with Crippen molar-refractivity contribution in [3.05, 3.63) is 28.2 Å². The second-order valence-corrected chi connectivity index (χ2v) is 6.56. The van der Waals surface area contributed by atoms with Crippen molar-refractivity contribution in [3.63, 3.8) is 0 Å². The number of hydrogen-bond acceptors (Lipinski definition) is 3. The van der Waals surface area contributed by atoms with Crippen LogP contribution in [0.15, 0.2) is 22.7 Å². The number of nitrogens with one attached hydrogen (secondary N) is 1. The molecule has 0 spiro atoms. The van der Waals surface area contributed by atoms with Gasteiger partial charge < -0.3 is 15.0 Å². The zero-order valence-electron chi connectivity index (χ0n) is 12.8. The molecular weight excluding hydrogens is 316 g/mol. The van der Waals surface area contributed by atoms with Crippen LogP contribution in [0, 0.1) is 5.92 Å². The molecule has 1 fully saturated rings. The summed E-state index contributed by atoms with van der Waals surface area (Å²) in [5.41, 5.74) is 2.57. The Morgan fingerprint density at radius 1 is 1.45 bits per heavy atom. The van der Waals surface area contributed by atoms with Crippen molar-refractivity contribution in [1.29, 1.82) is 0 Å². The number of halogens is 1. The van der Waals surface area contributed by atoms with Gasteiger partial charge in [0.05, 0.1) is 6.10 Å². The second kappa shape index (κ2) is 6.92. The highest BCUT2D eigenvalue weighted by Crippen LogP contribution is 2.30. The second-order valence-electron chi connectivity index (χ2n) is 5.70. The Kier molecular flexibility index (Phi) is 5.47. The van der Waals surface area contributed by atoms with Crippen LogP contribution in [0.2, 0.25) is 0 Å². The van der Waals surface area contributed by atoms with E-state index in [2.05, 4.69) is 58.2 Å². The van der Waals surface area contributed by atoms with Crippen LogP contribution in [-0.4, -0.2) is 33.4 Å². The van der Waals surface area contributed by atoms with Gasteiger partial charge in [-0.15, -0.1) is 0 Å². The first-order chi connectivity index (χ1) is 9.56. The van der Waals surface area contributed by atoms with Crippen molar-refractivity contribution in [2.24, 2.45) is 5.92 Å². The highest BCUT2D eigenvalue weighted by atomic mass is 79.9. The molecule has 1 aliphatic rings. The van der Waals surface area contributed by atoms with E-state index in [-0.39, 0.29) is 0 Å². The summed E-state index contributed by atoms with van der Waals surface area (Å²) in [6.45, 7) is 6.53. The summed E-state index contributed by atoms with van der Waals surface area (Å²) in [5.74, 6) is 0.642. The van der Waals surface area contributed by atoms with E-state index >= 15 is 0 Å². The minimum atomic E-state index is 0.332. The van der Waals surface area contributed by atoms with Gasteiger partial charge in [-0.25, -0.2) is 0 Å². The van der Waals surface area contributed by atoms with Gasteiger partial charge in [0.15, 0.2) is 0 Å². The van der Waals surface area contributed by atoms with Crippen LogP contribution in [0.4, 0.5) is 5.69 Å². The number of ether oxygens (including phenoxy) is 1. The Bertz CT molecular complexity index is 452. The zero-order valence-corrected chi connectivity index (χ0v) is 14.4. The quantitative estimate of drug-likeness (QED) is 0.906. The van der Waals surface area contributed by atoms with E-state index in [4.69, 9.17) is 4.74 Å². The minimum absolute atomic E-state index is 0.332. The number of anilines is 1. The summed E-state index contributed by atoms with van der Waals surface area (Å²) in [5, 5.41) is 3.28. The fraction of sp³-hybridized carbons (Fsp3) is 0.625. The molecule has 3 atom stereocenters. The van der Waals surface area contributed by atoms with E-state index in [1.54, 1.807) is 0 Å². The third kappa shape index (κ3) is 3.35. The van der Waals surface area contributed by atoms with Gasteiger partial charge in [-0.1, -0.05) is 28.9 Å². The summed E-state index contributed by atoms with van der Waals surface area (Å²) in [6, 6.07) is 7.01. The molecule has 0 aromatic heterocycles. The minimum Gasteiger partial charge on any atom is -0.379 e. The van der Waals surface area contributed by atoms with Gasteiger partial charge in [0.25, 0.3) is 0 Å². The number of piperidine rings is 1. The van der Waals surface area contributed by atoms with Gasteiger partial charge in [-0.3, -0.25) is 0 Å². The molecule has 20 heavy (non-hydrogen) atoms. The lowest BCUT2D eigenvalue weighted by Gasteiger charge is -2.37. The molecule has 1 saturated heterocycles. The van der Waals surface area contributed by atoms with Crippen LogP contribution in [0.25, 0.3) is 0 Å². The summed E-state index contributed by atoms with van der Waals surface area (Å²) < 4.78 is 6.77. The molecule has 0 radical (unpaired) electrons. The van der Waals surface area contributed by atoms with Crippen LogP contribution in [-0.2, 0) is 4.74 Å². The maximum Gasteiger partial charge on any atom is 0.0772 e. The smallest absolute Gasteiger partial charge is 0.0772 e. The molecule has 1 heterocycles. The molecule has 0 amide bonds. The molecule has 1 aliphatic heterocycles. The molecule has 1 aromatic carbocycles. The molecular formula is C16H25BrN2O. The van der Waals surface area contributed by atoms with E-state index in [9.17, 15) is 0 Å². The van der Waals surface area contributed by atoms with Gasteiger partial charge in [0.1, 0.15) is 0 Å². The Morgan fingerprint density at radius 3 is 2.80 bits per heavy atom. The largest absolute Gasteiger partial charge is 0.379 e. The molecule has 0 aliphatic carbocycles. The lowest BCUT2D eigenvalue weighted by molar-refractivity contribution is 0.0498. The lowest BCUT2D eigenvalue weighted by atomic mass is 9.95. The topological polar surface area (TPSA) is 24.5 Å². The van der Waals surface area contributed by atoms with Crippen LogP contribution in [0.5, 0.6) is 0 Å². The fourth-order valence-corrected chi connectivity index (χ4v) is 3.50. The highest BCUT2D eigenvalue weighted by Gasteiger charge is 2.26. The van der Waals surface area contributed by atoms with Crippen molar-refractivity contribution in [2.45, 2.75) is 32.4 Å². The maximum atomic E-state index is 5.60. The number of rotatable bonds is 4. The van der Waals surface area contributed by atoms with E-state index in [0.717, 1.165) is 13.1 Å². The molecule has 3 unspecified atom stereocenters. The van der Waals surface area contributed by atoms with Crippen LogP contribution in [0.3, 0.4) is 0 Å². The number of nitrogens with zero attached hydrogens (tertiary/aromatic N) is 1. The average Bonchev–Trinajstić information content (AvgIpc) is 2.47. The van der Waals surface area contributed by atoms with E-state index in [1.165, 1.54) is 22.1 Å². The number of benzene rings is 1. The first-order valence-electron chi connectivity index (χ1n) is 7.31. The SMILES string of the molecule is CNC(C)c1ccc(N2CCC(C)C(OC)C2)cc1Br. The van der Waals surface area contributed by atoms with Gasteiger partial charge in [0.2, 0.25) is 0 Å². The predicted molar refractivity (Wildman–Crippen MR) is 88.4 cm³/mol. The van der Waals surface area contributed by atoms with Gasteiger partial charge in [-0.05, 0) is 44.0 Å². The first-order valence-corrected chi connectivity index (χ1v) is 8.10. The molecule has 0 saturated carbocycles. The van der Waals surface area contributed by atoms with Crippen LogP contribution in [0.1, 0.15) is 31.9 Å². The summed E-state index contributed by atoms with van der Waals surface area (Å²) in [4.78, 5) is 2.42. The van der Waals surface area contributed by atoms with Crippen LogP contribution >= 0.6 is 15.9 Å². The van der Waals surface area contributed by atoms with Gasteiger partial charge >= 0.3 is 0 Å². The van der Waals surface area contributed by atoms with Gasteiger partial charge in [-0.2, -0.15) is 0 Å². The Hall–Kier alpha value is -0.580. The molecule has 2 rings (SSSR count). The van der Waals surface area contributed by atoms with Crippen molar-refractivity contribution in [1.82, 2.24) is 5.32 Å². The van der Waals surface area contributed by atoms with Crippen LogP contribution < -0.4 is 10.2 Å². The van der Waals surface area contributed by atoms with Gasteiger partial charge in [0, 0.05) is 36.4 Å². The Morgan fingerprint density at radius 2 is 2.20 bits per heavy atom. The van der Waals surface area contributed by atoms with E-state index in [0.29, 0.717) is 18.1 Å². The van der Waals surface area contributed by atoms with Crippen molar-refractivity contribution in [2.75, 3.05) is 32.1 Å². The predicted octanol–water partition coefficient (Wildman–Crippen LogP) is 3.59.